The maximum Gasteiger partial charge on any atom is 0.131 e. The number of anilines is 3. The molecule has 6 unspecified atom stereocenters. The van der Waals surface area contributed by atoms with Crippen LogP contribution in [0.25, 0.3) is 22.3 Å². The Balaban J connectivity index is 0.997. The van der Waals surface area contributed by atoms with Gasteiger partial charge in [-0.2, -0.15) is 0 Å². The summed E-state index contributed by atoms with van der Waals surface area (Å²) in [6.07, 6.45) is 8.09. The van der Waals surface area contributed by atoms with E-state index in [2.05, 4.69) is 174 Å². The molecule has 1 heterocycles. The highest BCUT2D eigenvalue weighted by atomic mass is 16.5. The number of hydrogen-bond acceptors (Lipinski definition) is 2. The minimum atomic E-state index is -0.0978. The van der Waals surface area contributed by atoms with Gasteiger partial charge in [0.25, 0.3) is 0 Å². The molecule has 6 aliphatic carbocycles. The van der Waals surface area contributed by atoms with Crippen LogP contribution in [0.5, 0.6) is 11.5 Å². The number of fused-ring (bicyclic) bond motifs is 11. The van der Waals surface area contributed by atoms with Crippen LogP contribution >= 0.6 is 0 Å². The number of nitrogens with zero attached hydrogens (tertiary/aromatic N) is 1. The smallest absolute Gasteiger partial charge is 0.131 e. The first-order chi connectivity index (χ1) is 28.4. The molecule has 59 heavy (non-hydrogen) atoms. The van der Waals surface area contributed by atoms with Crippen LogP contribution in [-0.2, 0) is 21.7 Å². The Labute approximate surface area is 350 Å². The van der Waals surface area contributed by atoms with E-state index in [4.69, 9.17) is 4.74 Å². The molecule has 0 aromatic heterocycles. The summed E-state index contributed by atoms with van der Waals surface area (Å²) in [6, 6.07) is 49.3. The zero-order valence-electron chi connectivity index (χ0n) is 35.5. The second-order valence-corrected chi connectivity index (χ2v) is 21.7. The van der Waals surface area contributed by atoms with Crippen LogP contribution in [0.3, 0.4) is 0 Å². The van der Waals surface area contributed by atoms with Crippen LogP contribution in [0.4, 0.5) is 17.1 Å². The zero-order chi connectivity index (χ0) is 39.8. The monoisotopic (exact) mass is 769 g/mol. The zero-order valence-corrected chi connectivity index (χ0v) is 35.5. The third-order valence-electron chi connectivity index (χ3n) is 17.8. The molecular formula is C57H55NO. The van der Waals surface area contributed by atoms with E-state index in [1.54, 1.807) is 0 Å². The molecular weight excluding hydrogens is 715 g/mol. The maximum absolute atomic E-state index is 6.91. The van der Waals surface area contributed by atoms with Crippen molar-refractivity contribution in [3.8, 4) is 33.8 Å². The number of hydrogen-bond donors (Lipinski definition) is 0. The molecule has 0 saturated heterocycles. The van der Waals surface area contributed by atoms with Gasteiger partial charge in [-0.05, 0) is 171 Å². The summed E-state index contributed by atoms with van der Waals surface area (Å²) in [6.45, 7) is 14.5. The summed E-state index contributed by atoms with van der Waals surface area (Å²) in [5, 5.41) is 0. The number of benzene rings is 6. The second-order valence-electron chi connectivity index (χ2n) is 21.7. The van der Waals surface area contributed by atoms with E-state index < -0.39 is 0 Å². The Morgan fingerprint density at radius 3 is 1.98 bits per heavy atom. The molecule has 6 aromatic rings. The summed E-state index contributed by atoms with van der Waals surface area (Å²) in [5.41, 5.74) is 18.4. The predicted molar refractivity (Wildman–Crippen MR) is 242 cm³/mol. The molecule has 294 valence electrons. The molecule has 0 radical (unpaired) electrons. The van der Waals surface area contributed by atoms with Crippen LogP contribution in [0.2, 0.25) is 0 Å². The molecule has 4 saturated carbocycles. The van der Waals surface area contributed by atoms with Gasteiger partial charge in [-0.15, -0.1) is 0 Å². The minimum Gasteiger partial charge on any atom is -0.457 e. The quantitative estimate of drug-likeness (QED) is 0.177. The average molecular weight is 770 g/mol. The highest BCUT2D eigenvalue weighted by Crippen LogP contribution is 2.89. The Morgan fingerprint density at radius 1 is 0.492 bits per heavy atom. The fourth-order valence-electron chi connectivity index (χ4n) is 15.1. The van der Waals surface area contributed by atoms with Gasteiger partial charge in [0, 0.05) is 39.0 Å². The van der Waals surface area contributed by atoms with Crippen molar-refractivity contribution in [3.05, 3.63) is 161 Å². The molecule has 6 atom stereocenters. The van der Waals surface area contributed by atoms with Crippen molar-refractivity contribution in [1.29, 1.82) is 0 Å². The van der Waals surface area contributed by atoms with Gasteiger partial charge in [0.15, 0.2) is 0 Å². The number of para-hydroxylation sites is 1. The van der Waals surface area contributed by atoms with Gasteiger partial charge in [-0.1, -0.05) is 120 Å². The van der Waals surface area contributed by atoms with E-state index in [9.17, 15) is 0 Å². The van der Waals surface area contributed by atoms with E-state index in [0.29, 0.717) is 17.3 Å². The van der Waals surface area contributed by atoms with Crippen molar-refractivity contribution in [3.63, 3.8) is 0 Å². The van der Waals surface area contributed by atoms with Crippen molar-refractivity contribution >= 4 is 17.1 Å². The lowest BCUT2D eigenvalue weighted by atomic mass is 9.26. The maximum atomic E-state index is 6.91. The van der Waals surface area contributed by atoms with Crippen LogP contribution in [0, 0.1) is 29.1 Å². The van der Waals surface area contributed by atoms with Gasteiger partial charge >= 0.3 is 0 Å². The Kier molecular flexibility index (Phi) is 6.59. The number of rotatable bonds is 4. The second kappa shape index (κ2) is 11.2. The van der Waals surface area contributed by atoms with Gasteiger partial charge in [0.1, 0.15) is 11.5 Å². The van der Waals surface area contributed by atoms with Crippen molar-refractivity contribution in [2.75, 3.05) is 4.90 Å². The fraction of sp³-hybridized carbons (Fsp3) is 0.368. The van der Waals surface area contributed by atoms with Gasteiger partial charge < -0.3 is 9.64 Å². The standard InChI is InChI=1S/C57H55NO/c1-53(2)24-25-54(3,4)47-29-36(18-22-44(47)53)35-12-11-13-38(28-35)58(39-19-21-42-41-14-7-8-15-43(41)55(5,6)46(42)31-39)40-20-23-50-48(32-40)57(45-16-9-10-17-49(45)59-50)51-27-34-26-37-30-52(57)56(37,51)33-34/h7-23,28-29,31-32,34,37,51-52H,24-27,30,33H2,1-6H3. The highest BCUT2D eigenvalue weighted by Gasteiger charge is 2.84. The fourth-order valence-corrected chi connectivity index (χ4v) is 15.1. The van der Waals surface area contributed by atoms with Gasteiger partial charge in [-0.25, -0.2) is 0 Å². The number of ether oxygens (including phenoxy) is 1. The minimum absolute atomic E-state index is 0.0185. The van der Waals surface area contributed by atoms with E-state index in [-0.39, 0.29) is 21.7 Å². The molecule has 6 aromatic carbocycles. The van der Waals surface area contributed by atoms with Gasteiger partial charge in [0.05, 0.1) is 0 Å². The van der Waals surface area contributed by atoms with Crippen LogP contribution < -0.4 is 9.64 Å². The summed E-state index contributed by atoms with van der Waals surface area (Å²) in [7, 11) is 0. The Morgan fingerprint density at radius 2 is 1.15 bits per heavy atom. The summed E-state index contributed by atoms with van der Waals surface area (Å²) < 4.78 is 6.91. The normalized spacial score (nSPS) is 29.5. The summed E-state index contributed by atoms with van der Waals surface area (Å²) in [4.78, 5) is 2.56. The molecule has 2 nitrogen and oxygen atoms in total. The molecule has 2 spiro atoms. The van der Waals surface area contributed by atoms with E-state index in [1.807, 2.05) is 0 Å². The molecule has 13 rings (SSSR count). The third-order valence-corrected chi connectivity index (χ3v) is 17.8. The predicted octanol–water partition coefficient (Wildman–Crippen LogP) is 14.9. The largest absolute Gasteiger partial charge is 0.457 e. The van der Waals surface area contributed by atoms with Crippen molar-refractivity contribution in [2.24, 2.45) is 29.1 Å². The topological polar surface area (TPSA) is 12.5 Å². The van der Waals surface area contributed by atoms with E-state index in [1.165, 1.54) is 111 Å². The highest BCUT2D eigenvalue weighted by molar-refractivity contribution is 5.87. The van der Waals surface area contributed by atoms with Crippen molar-refractivity contribution < 1.29 is 4.74 Å². The van der Waals surface area contributed by atoms with Crippen molar-refractivity contribution in [1.82, 2.24) is 0 Å². The first kappa shape index (κ1) is 34.8. The van der Waals surface area contributed by atoms with Crippen LogP contribution in [0.1, 0.15) is 113 Å². The lowest BCUT2D eigenvalue weighted by molar-refractivity contribution is -0.235. The van der Waals surface area contributed by atoms with Crippen LogP contribution in [0.15, 0.2) is 127 Å². The van der Waals surface area contributed by atoms with Gasteiger partial charge in [0.2, 0.25) is 0 Å². The van der Waals surface area contributed by atoms with Gasteiger partial charge in [-0.3, -0.25) is 0 Å². The first-order valence-electron chi connectivity index (χ1n) is 22.6. The summed E-state index contributed by atoms with van der Waals surface area (Å²) >= 11 is 0. The Hall–Kier alpha value is -5.08. The SMILES string of the molecule is CC1(C)CCC(C)(C)c2cc(-c3cccc(N(c4ccc5c(c4)C(C)(C)c4ccccc4-5)c4ccc5c(c4)C4(c6ccccc6O5)C5CC6CC7CC4C75C6)c3)ccc21. The molecule has 1 aliphatic heterocycles. The average Bonchev–Trinajstić information content (AvgIpc) is 3.85. The third kappa shape index (κ3) is 4.24. The van der Waals surface area contributed by atoms with Crippen LogP contribution in [-0.4, -0.2) is 0 Å². The molecule has 2 bridgehead atoms. The lowest BCUT2D eigenvalue weighted by Gasteiger charge is -2.77. The van der Waals surface area contributed by atoms with E-state index >= 15 is 0 Å². The Bertz CT molecular complexity index is 2800. The van der Waals surface area contributed by atoms with Crippen molar-refractivity contribution in [2.45, 2.75) is 102 Å². The molecule has 0 N–H and O–H groups in total. The van der Waals surface area contributed by atoms with E-state index in [0.717, 1.165) is 23.3 Å². The molecule has 4 fully saturated rings. The lowest BCUT2D eigenvalue weighted by Crippen LogP contribution is -2.74. The first-order valence-corrected chi connectivity index (χ1v) is 22.6. The molecule has 7 aliphatic rings. The summed E-state index contributed by atoms with van der Waals surface area (Å²) in [5.74, 6) is 5.37. The molecule has 2 heteroatoms. The molecule has 0 amide bonds.